The van der Waals surface area contributed by atoms with E-state index in [1.165, 1.54) is 37.7 Å². The standard InChI is InChI=1S/C21H34N2O3.ClH/c24-15-14-22-10-12-23(13-11-22)16-20(25)17-26-21-8-6-19(7-9-21)18-4-2-1-3-5-18;/h6-9,18,20,24-25H,1-5,10-17H2;1H. The second-order valence-corrected chi connectivity index (χ2v) is 7.73. The predicted octanol–water partition coefficient (Wildman–Crippen LogP) is 2.51. The maximum Gasteiger partial charge on any atom is 0.119 e. The highest BCUT2D eigenvalue weighted by molar-refractivity contribution is 5.85. The fourth-order valence-electron chi connectivity index (χ4n) is 4.15. The van der Waals surface area contributed by atoms with Crippen LogP contribution in [0.3, 0.4) is 0 Å². The highest BCUT2D eigenvalue weighted by atomic mass is 35.5. The van der Waals surface area contributed by atoms with Gasteiger partial charge in [-0.3, -0.25) is 9.80 Å². The van der Waals surface area contributed by atoms with Gasteiger partial charge in [-0.15, -0.1) is 12.4 Å². The van der Waals surface area contributed by atoms with Gasteiger partial charge in [-0.1, -0.05) is 31.4 Å². The molecule has 1 heterocycles. The lowest BCUT2D eigenvalue weighted by molar-refractivity contribution is 0.0428. The van der Waals surface area contributed by atoms with Gasteiger partial charge in [0.15, 0.2) is 0 Å². The molecule has 1 aromatic carbocycles. The van der Waals surface area contributed by atoms with Crippen molar-refractivity contribution < 1.29 is 14.9 Å². The molecule has 1 atom stereocenters. The van der Waals surface area contributed by atoms with Crippen molar-refractivity contribution >= 4 is 12.4 Å². The van der Waals surface area contributed by atoms with Gasteiger partial charge in [0.2, 0.25) is 0 Å². The molecule has 0 radical (unpaired) electrons. The zero-order valence-electron chi connectivity index (χ0n) is 16.3. The number of aliphatic hydroxyl groups excluding tert-OH is 2. The van der Waals surface area contributed by atoms with Crippen LogP contribution in [-0.2, 0) is 0 Å². The van der Waals surface area contributed by atoms with Gasteiger partial charge in [0.25, 0.3) is 0 Å². The van der Waals surface area contributed by atoms with E-state index in [9.17, 15) is 5.11 Å². The fourth-order valence-corrected chi connectivity index (χ4v) is 4.15. The summed E-state index contributed by atoms with van der Waals surface area (Å²) in [5.74, 6) is 1.56. The Labute approximate surface area is 169 Å². The van der Waals surface area contributed by atoms with Crippen LogP contribution in [-0.4, -0.2) is 78.6 Å². The summed E-state index contributed by atoms with van der Waals surface area (Å²) in [5.41, 5.74) is 1.43. The minimum absolute atomic E-state index is 0. The smallest absolute Gasteiger partial charge is 0.119 e. The van der Waals surface area contributed by atoms with Crippen LogP contribution < -0.4 is 4.74 Å². The summed E-state index contributed by atoms with van der Waals surface area (Å²) in [6, 6.07) is 8.48. The Bertz CT molecular complexity index is 515. The van der Waals surface area contributed by atoms with Crippen LogP contribution in [0.25, 0.3) is 0 Å². The normalized spacial score (nSPS) is 20.8. The molecule has 2 N–H and O–H groups in total. The average Bonchev–Trinajstić information content (AvgIpc) is 2.69. The van der Waals surface area contributed by atoms with Gasteiger partial charge in [-0.05, 0) is 36.5 Å². The van der Waals surface area contributed by atoms with Gasteiger partial charge in [-0.25, -0.2) is 0 Å². The first kappa shape index (κ1) is 22.4. The Morgan fingerprint density at radius 2 is 1.59 bits per heavy atom. The van der Waals surface area contributed by atoms with E-state index in [1.54, 1.807) is 0 Å². The number of benzene rings is 1. The molecule has 0 amide bonds. The van der Waals surface area contributed by atoms with Crippen molar-refractivity contribution in [2.24, 2.45) is 0 Å². The Morgan fingerprint density at radius 3 is 2.22 bits per heavy atom. The number of halogens is 1. The van der Waals surface area contributed by atoms with Crippen LogP contribution in [0.5, 0.6) is 5.75 Å². The number of hydrogen-bond donors (Lipinski definition) is 2. The summed E-state index contributed by atoms with van der Waals surface area (Å²) >= 11 is 0. The Balaban J connectivity index is 0.00000261. The molecule has 0 aromatic heterocycles. The van der Waals surface area contributed by atoms with E-state index in [2.05, 4.69) is 21.9 Å². The molecular weight excluding hydrogens is 364 g/mol. The first-order valence-corrected chi connectivity index (χ1v) is 10.2. The molecule has 154 valence electrons. The van der Waals surface area contributed by atoms with Gasteiger partial charge in [0, 0.05) is 39.3 Å². The molecule has 1 saturated heterocycles. The lowest BCUT2D eigenvalue weighted by Gasteiger charge is -2.35. The average molecular weight is 399 g/mol. The molecule has 1 saturated carbocycles. The predicted molar refractivity (Wildman–Crippen MR) is 111 cm³/mol. The van der Waals surface area contributed by atoms with E-state index >= 15 is 0 Å². The van der Waals surface area contributed by atoms with Crippen molar-refractivity contribution in [3.8, 4) is 5.75 Å². The van der Waals surface area contributed by atoms with Crippen LogP contribution in [0.1, 0.15) is 43.6 Å². The number of ether oxygens (including phenoxy) is 1. The third-order valence-corrected chi connectivity index (χ3v) is 5.75. The molecule has 27 heavy (non-hydrogen) atoms. The van der Waals surface area contributed by atoms with Gasteiger partial charge < -0.3 is 14.9 Å². The van der Waals surface area contributed by atoms with Crippen LogP contribution in [0, 0.1) is 0 Å². The van der Waals surface area contributed by atoms with Crippen molar-refractivity contribution in [1.82, 2.24) is 9.80 Å². The van der Waals surface area contributed by atoms with Crippen LogP contribution in [0.15, 0.2) is 24.3 Å². The number of piperazine rings is 1. The van der Waals surface area contributed by atoms with Crippen LogP contribution in [0.2, 0.25) is 0 Å². The number of rotatable bonds is 8. The lowest BCUT2D eigenvalue weighted by Crippen LogP contribution is -2.49. The second-order valence-electron chi connectivity index (χ2n) is 7.73. The maximum absolute atomic E-state index is 10.3. The molecule has 2 aliphatic rings. The molecule has 2 fully saturated rings. The third kappa shape index (κ3) is 7.24. The molecule has 1 unspecified atom stereocenters. The van der Waals surface area contributed by atoms with E-state index in [0.29, 0.717) is 19.1 Å². The first-order chi connectivity index (χ1) is 12.7. The molecule has 6 heteroatoms. The molecular formula is C21H35ClN2O3. The summed E-state index contributed by atoms with van der Waals surface area (Å²) in [5, 5.41) is 19.3. The van der Waals surface area contributed by atoms with Crippen molar-refractivity contribution in [1.29, 1.82) is 0 Å². The Morgan fingerprint density at radius 1 is 0.963 bits per heavy atom. The van der Waals surface area contributed by atoms with Crippen molar-refractivity contribution in [3.63, 3.8) is 0 Å². The highest BCUT2D eigenvalue weighted by Gasteiger charge is 2.19. The van der Waals surface area contributed by atoms with Gasteiger partial charge in [0.05, 0.1) is 6.61 Å². The molecule has 3 rings (SSSR count). The van der Waals surface area contributed by atoms with Crippen LogP contribution >= 0.6 is 12.4 Å². The topological polar surface area (TPSA) is 56.2 Å². The van der Waals surface area contributed by atoms with Crippen molar-refractivity contribution in [2.45, 2.75) is 44.1 Å². The monoisotopic (exact) mass is 398 g/mol. The van der Waals surface area contributed by atoms with Crippen molar-refractivity contribution in [3.05, 3.63) is 29.8 Å². The van der Waals surface area contributed by atoms with E-state index in [1.807, 2.05) is 12.1 Å². The summed E-state index contributed by atoms with van der Waals surface area (Å²) < 4.78 is 5.79. The summed E-state index contributed by atoms with van der Waals surface area (Å²) in [4.78, 5) is 4.53. The first-order valence-electron chi connectivity index (χ1n) is 10.2. The summed E-state index contributed by atoms with van der Waals surface area (Å²) in [6.45, 7) is 5.73. The molecule has 1 aromatic rings. The second kappa shape index (κ2) is 11.9. The van der Waals surface area contributed by atoms with E-state index in [0.717, 1.165) is 38.5 Å². The molecule has 1 aliphatic heterocycles. The number of aliphatic hydroxyl groups is 2. The van der Waals surface area contributed by atoms with E-state index < -0.39 is 6.10 Å². The van der Waals surface area contributed by atoms with E-state index in [-0.39, 0.29) is 19.0 Å². The van der Waals surface area contributed by atoms with Gasteiger partial charge >= 0.3 is 0 Å². The highest BCUT2D eigenvalue weighted by Crippen LogP contribution is 2.33. The number of β-amino-alcohol motifs (C(OH)–C–C–N with tert-alkyl or cyclic N) is 2. The van der Waals surface area contributed by atoms with Crippen molar-refractivity contribution in [2.75, 3.05) is 52.5 Å². The Hall–Kier alpha value is -0.850. The molecule has 5 nitrogen and oxygen atoms in total. The third-order valence-electron chi connectivity index (χ3n) is 5.75. The number of hydrogen-bond acceptors (Lipinski definition) is 5. The lowest BCUT2D eigenvalue weighted by atomic mass is 9.84. The minimum atomic E-state index is -0.475. The van der Waals surface area contributed by atoms with Gasteiger partial charge in [0.1, 0.15) is 18.5 Å². The molecule has 0 spiro atoms. The molecule has 1 aliphatic carbocycles. The zero-order chi connectivity index (χ0) is 18.2. The van der Waals surface area contributed by atoms with Gasteiger partial charge in [-0.2, -0.15) is 0 Å². The summed E-state index contributed by atoms with van der Waals surface area (Å²) in [7, 11) is 0. The summed E-state index contributed by atoms with van der Waals surface area (Å²) in [6.07, 6.45) is 6.23. The minimum Gasteiger partial charge on any atom is -0.491 e. The SMILES string of the molecule is Cl.OCCN1CCN(CC(O)COc2ccc(C3CCCCC3)cc2)CC1. The van der Waals surface area contributed by atoms with E-state index in [4.69, 9.17) is 9.84 Å². The Kier molecular flexibility index (Phi) is 9.87. The molecule has 0 bridgehead atoms. The number of nitrogens with zero attached hydrogens (tertiary/aromatic N) is 2. The largest absolute Gasteiger partial charge is 0.491 e. The quantitative estimate of drug-likeness (QED) is 0.704. The maximum atomic E-state index is 10.3. The zero-order valence-corrected chi connectivity index (χ0v) is 17.1. The van der Waals surface area contributed by atoms with Crippen LogP contribution in [0.4, 0.5) is 0 Å². The fraction of sp³-hybridized carbons (Fsp3) is 0.714.